The van der Waals surface area contributed by atoms with Gasteiger partial charge in [0.1, 0.15) is 11.2 Å². The lowest BCUT2D eigenvalue weighted by Crippen LogP contribution is -2.08. The van der Waals surface area contributed by atoms with Gasteiger partial charge in [0.15, 0.2) is 5.58 Å². The van der Waals surface area contributed by atoms with E-state index in [9.17, 15) is 4.79 Å². The standard InChI is InChI=1S/C10H9NO2/c1-2-7-10(12)13-9-6-4-3-5-8(9)11-7/h3-6H,2H2,1H3. The first-order valence-electron chi connectivity index (χ1n) is 4.20. The molecular formula is C10H9NO2. The number of aryl methyl sites for hydroxylation is 1. The molecule has 2 rings (SSSR count). The van der Waals surface area contributed by atoms with Crippen LogP contribution in [0.3, 0.4) is 0 Å². The summed E-state index contributed by atoms with van der Waals surface area (Å²) in [5.41, 5.74) is 1.43. The van der Waals surface area contributed by atoms with Crippen LogP contribution in [0.15, 0.2) is 33.5 Å². The molecular weight excluding hydrogens is 166 g/mol. The molecule has 0 saturated heterocycles. The van der Waals surface area contributed by atoms with Crippen molar-refractivity contribution in [3.8, 4) is 0 Å². The van der Waals surface area contributed by atoms with Gasteiger partial charge in [0.05, 0.1) is 0 Å². The molecule has 0 spiro atoms. The number of hydrogen-bond donors (Lipinski definition) is 0. The fourth-order valence-electron chi connectivity index (χ4n) is 1.21. The molecule has 0 bridgehead atoms. The van der Waals surface area contributed by atoms with Gasteiger partial charge in [-0.3, -0.25) is 0 Å². The quantitative estimate of drug-likeness (QED) is 0.663. The highest BCUT2D eigenvalue weighted by Crippen LogP contribution is 2.08. The molecule has 0 amide bonds. The number of aromatic nitrogens is 1. The monoisotopic (exact) mass is 175 g/mol. The van der Waals surface area contributed by atoms with Crippen LogP contribution < -0.4 is 5.63 Å². The SMILES string of the molecule is CCc1nc2ccccc2oc1=O. The predicted molar refractivity (Wildman–Crippen MR) is 49.7 cm³/mol. The van der Waals surface area contributed by atoms with Crippen molar-refractivity contribution in [2.75, 3.05) is 0 Å². The zero-order chi connectivity index (χ0) is 9.26. The molecule has 1 aromatic carbocycles. The first kappa shape index (κ1) is 7.98. The highest BCUT2D eigenvalue weighted by atomic mass is 16.4. The molecule has 0 atom stereocenters. The van der Waals surface area contributed by atoms with Gasteiger partial charge in [-0.1, -0.05) is 19.1 Å². The third-order valence-corrected chi connectivity index (χ3v) is 1.89. The Labute approximate surface area is 75.0 Å². The molecule has 0 unspecified atom stereocenters. The van der Waals surface area contributed by atoms with E-state index in [0.29, 0.717) is 17.7 Å². The van der Waals surface area contributed by atoms with E-state index in [-0.39, 0.29) is 5.63 Å². The van der Waals surface area contributed by atoms with Gasteiger partial charge in [-0.05, 0) is 18.6 Å². The maximum atomic E-state index is 11.2. The lowest BCUT2D eigenvalue weighted by molar-refractivity contribution is 0.542. The van der Waals surface area contributed by atoms with Crippen LogP contribution in [0.5, 0.6) is 0 Å². The second-order valence-corrected chi connectivity index (χ2v) is 2.77. The molecule has 0 saturated carbocycles. The van der Waals surface area contributed by atoms with Crippen molar-refractivity contribution in [3.63, 3.8) is 0 Å². The van der Waals surface area contributed by atoms with Crippen LogP contribution in [-0.4, -0.2) is 4.98 Å². The topological polar surface area (TPSA) is 43.1 Å². The van der Waals surface area contributed by atoms with E-state index >= 15 is 0 Å². The lowest BCUT2D eigenvalue weighted by Gasteiger charge is -1.96. The van der Waals surface area contributed by atoms with Crippen molar-refractivity contribution in [2.24, 2.45) is 0 Å². The van der Waals surface area contributed by atoms with Crippen molar-refractivity contribution in [3.05, 3.63) is 40.4 Å². The van der Waals surface area contributed by atoms with E-state index < -0.39 is 0 Å². The average molecular weight is 175 g/mol. The van der Waals surface area contributed by atoms with Crippen molar-refractivity contribution in [1.29, 1.82) is 0 Å². The first-order valence-corrected chi connectivity index (χ1v) is 4.20. The normalized spacial score (nSPS) is 10.5. The van der Waals surface area contributed by atoms with Gasteiger partial charge >= 0.3 is 5.63 Å². The molecule has 0 fully saturated rings. The Morgan fingerprint density at radius 3 is 2.92 bits per heavy atom. The smallest absolute Gasteiger partial charge is 0.358 e. The van der Waals surface area contributed by atoms with E-state index in [1.54, 1.807) is 6.07 Å². The number of benzene rings is 1. The number of rotatable bonds is 1. The molecule has 1 aromatic heterocycles. The molecule has 0 aliphatic heterocycles. The third-order valence-electron chi connectivity index (χ3n) is 1.89. The van der Waals surface area contributed by atoms with Gasteiger partial charge in [0.2, 0.25) is 0 Å². The number of nitrogens with zero attached hydrogens (tertiary/aromatic N) is 1. The minimum absolute atomic E-state index is 0.332. The summed E-state index contributed by atoms with van der Waals surface area (Å²) in [4.78, 5) is 15.4. The second-order valence-electron chi connectivity index (χ2n) is 2.77. The Morgan fingerprint density at radius 1 is 1.38 bits per heavy atom. The highest BCUT2D eigenvalue weighted by Gasteiger charge is 2.03. The minimum Gasteiger partial charge on any atom is -0.420 e. The van der Waals surface area contributed by atoms with Gasteiger partial charge in [0, 0.05) is 0 Å². The van der Waals surface area contributed by atoms with E-state index in [4.69, 9.17) is 4.42 Å². The average Bonchev–Trinajstić information content (AvgIpc) is 2.17. The molecule has 0 radical (unpaired) electrons. The molecule has 66 valence electrons. The summed E-state index contributed by atoms with van der Waals surface area (Å²) in [5.74, 6) is 0. The van der Waals surface area contributed by atoms with Crippen LogP contribution in [0.25, 0.3) is 11.1 Å². The van der Waals surface area contributed by atoms with Crippen molar-refractivity contribution >= 4 is 11.1 Å². The summed E-state index contributed by atoms with van der Waals surface area (Å²) in [6, 6.07) is 7.26. The van der Waals surface area contributed by atoms with E-state index in [2.05, 4.69) is 4.98 Å². The Bertz CT molecular complexity index is 487. The molecule has 1 heterocycles. The van der Waals surface area contributed by atoms with Crippen LogP contribution in [-0.2, 0) is 6.42 Å². The summed E-state index contributed by atoms with van der Waals surface area (Å²) in [6.07, 6.45) is 0.604. The van der Waals surface area contributed by atoms with Gasteiger partial charge in [-0.2, -0.15) is 0 Å². The molecule has 3 nitrogen and oxygen atoms in total. The summed E-state index contributed by atoms with van der Waals surface area (Å²) in [6.45, 7) is 1.88. The molecule has 3 heteroatoms. The summed E-state index contributed by atoms with van der Waals surface area (Å²) in [7, 11) is 0. The van der Waals surface area contributed by atoms with Crippen molar-refractivity contribution < 1.29 is 4.42 Å². The molecule has 0 aliphatic rings. The number of para-hydroxylation sites is 2. The summed E-state index contributed by atoms with van der Waals surface area (Å²) in [5, 5.41) is 0. The maximum Gasteiger partial charge on any atom is 0.358 e. The van der Waals surface area contributed by atoms with Crippen LogP contribution in [0, 0.1) is 0 Å². The molecule has 13 heavy (non-hydrogen) atoms. The predicted octanol–water partition coefficient (Wildman–Crippen LogP) is 1.75. The van der Waals surface area contributed by atoms with Gasteiger partial charge < -0.3 is 4.42 Å². The molecule has 2 aromatic rings. The van der Waals surface area contributed by atoms with Crippen molar-refractivity contribution in [1.82, 2.24) is 4.98 Å². The van der Waals surface area contributed by atoms with E-state index in [1.807, 2.05) is 25.1 Å². The highest BCUT2D eigenvalue weighted by molar-refractivity contribution is 5.71. The fourth-order valence-corrected chi connectivity index (χ4v) is 1.21. The third kappa shape index (κ3) is 1.33. The van der Waals surface area contributed by atoms with Crippen LogP contribution in [0.4, 0.5) is 0 Å². The first-order chi connectivity index (χ1) is 6.31. The van der Waals surface area contributed by atoms with Gasteiger partial charge in [0.25, 0.3) is 0 Å². The Kier molecular flexibility index (Phi) is 1.85. The zero-order valence-electron chi connectivity index (χ0n) is 7.28. The minimum atomic E-state index is -0.332. The van der Waals surface area contributed by atoms with Gasteiger partial charge in [-0.15, -0.1) is 0 Å². The fraction of sp³-hybridized carbons (Fsp3) is 0.200. The van der Waals surface area contributed by atoms with Crippen LogP contribution in [0.2, 0.25) is 0 Å². The number of fused-ring (bicyclic) bond motifs is 1. The van der Waals surface area contributed by atoms with Crippen molar-refractivity contribution in [2.45, 2.75) is 13.3 Å². The Hall–Kier alpha value is -1.64. The molecule has 0 N–H and O–H groups in total. The Balaban J connectivity index is 2.81. The largest absolute Gasteiger partial charge is 0.420 e. The van der Waals surface area contributed by atoms with Gasteiger partial charge in [-0.25, -0.2) is 9.78 Å². The lowest BCUT2D eigenvalue weighted by atomic mass is 10.3. The second kappa shape index (κ2) is 3.01. The Morgan fingerprint density at radius 2 is 2.15 bits per heavy atom. The van der Waals surface area contributed by atoms with E-state index in [0.717, 1.165) is 5.52 Å². The van der Waals surface area contributed by atoms with Crippen LogP contribution in [0.1, 0.15) is 12.6 Å². The zero-order valence-corrected chi connectivity index (χ0v) is 7.28. The van der Waals surface area contributed by atoms with Crippen LogP contribution >= 0.6 is 0 Å². The van der Waals surface area contributed by atoms with E-state index in [1.165, 1.54) is 0 Å². The summed E-state index contributed by atoms with van der Waals surface area (Å²) >= 11 is 0. The molecule has 0 aliphatic carbocycles. The number of hydrogen-bond acceptors (Lipinski definition) is 3. The summed E-state index contributed by atoms with van der Waals surface area (Å²) < 4.78 is 5.07. The maximum absolute atomic E-state index is 11.2.